The Morgan fingerprint density at radius 3 is 1.62 bits per heavy atom. The van der Waals surface area contributed by atoms with Crippen LogP contribution in [0, 0.1) is 10.8 Å². The maximum absolute atomic E-state index is 11.5. The second-order valence-electron chi connectivity index (χ2n) is 5.73. The van der Waals surface area contributed by atoms with Crippen LogP contribution in [0.3, 0.4) is 0 Å². The predicted molar refractivity (Wildman–Crippen MR) is 52.4 cm³/mol. The van der Waals surface area contributed by atoms with Gasteiger partial charge in [0.25, 0.3) is 0 Å². The van der Waals surface area contributed by atoms with Crippen molar-refractivity contribution >= 4 is 5.78 Å². The smallest absolute Gasteiger partial charge is 0.134 e. The molecule has 1 N–H and O–H groups in total. The third-order valence-electron chi connectivity index (χ3n) is 3.91. The van der Waals surface area contributed by atoms with Gasteiger partial charge in [-0.05, 0) is 6.92 Å². The molecule has 0 atom stereocenters. The average Bonchev–Trinajstić information content (AvgIpc) is 1.80. The fraction of sp³-hybridized carbons (Fsp3) is 0.909. The van der Waals surface area contributed by atoms with Gasteiger partial charge < -0.3 is 5.11 Å². The Bertz CT molecular complexity index is 214. The van der Waals surface area contributed by atoms with Crippen molar-refractivity contribution in [2.75, 3.05) is 0 Å². The van der Waals surface area contributed by atoms with E-state index in [4.69, 9.17) is 0 Å². The van der Waals surface area contributed by atoms with E-state index in [1.54, 1.807) is 0 Å². The Kier molecular flexibility index (Phi) is 2.11. The number of aliphatic hydroxyl groups is 1. The lowest BCUT2D eigenvalue weighted by Crippen LogP contribution is -2.58. The highest BCUT2D eigenvalue weighted by molar-refractivity contribution is 5.81. The number of carbonyl (C=O) groups excluding carboxylic acids is 1. The number of ketones is 1. The van der Waals surface area contributed by atoms with Crippen LogP contribution >= 0.6 is 0 Å². The third kappa shape index (κ3) is 1.41. The van der Waals surface area contributed by atoms with Crippen molar-refractivity contribution in [3.05, 3.63) is 0 Å². The molecule has 2 heteroatoms. The lowest BCUT2D eigenvalue weighted by molar-refractivity contribution is -0.173. The van der Waals surface area contributed by atoms with Crippen molar-refractivity contribution in [1.82, 2.24) is 0 Å². The standard InChI is InChI=1S/C11H20O2/c1-9(2)6-8(12)7-10(3,4)11(9,5)13/h13H,6-7H2,1-5H3. The first-order chi connectivity index (χ1) is 5.60. The summed E-state index contributed by atoms with van der Waals surface area (Å²) in [7, 11) is 0. The van der Waals surface area contributed by atoms with Gasteiger partial charge in [0.2, 0.25) is 0 Å². The summed E-state index contributed by atoms with van der Waals surface area (Å²) in [5.41, 5.74) is -1.40. The highest BCUT2D eigenvalue weighted by atomic mass is 16.3. The summed E-state index contributed by atoms with van der Waals surface area (Å²) < 4.78 is 0. The molecule has 1 aliphatic carbocycles. The third-order valence-corrected chi connectivity index (χ3v) is 3.91. The molecule has 1 rings (SSSR count). The molecule has 1 aliphatic rings. The van der Waals surface area contributed by atoms with Crippen LogP contribution in [-0.2, 0) is 4.79 Å². The zero-order valence-corrected chi connectivity index (χ0v) is 9.27. The molecule has 0 spiro atoms. The SMILES string of the molecule is CC1(C)CC(=O)CC(C)(C)C1(C)O. The van der Waals surface area contributed by atoms with Gasteiger partial charge in [0.1, 0.15) is 5.78 Å². The first-order valence-corrected chi connectivity index (χ1v) is 4.84. The van der Waals surface area contributed by atoms with Gasteiger partial charge in [-0.25, -0.2) is 0 Å². The van der Waals surface area contributed by atoms with E-state index in [0.29, 0.717) is 12.8 Å². The second-order valence-corrected chi connectivity index (χ2v) is 5.73. The molecule has 76 valence electrons. The minimum absolute atomic E-state index is 0.265. The molecule has 0 aliphatic heterocycles. The first-order valence-electron chi connectivity index (χ1n) is 4.84. The van der Waals surface area contributed by atoms with E-state index in [1.165, 1.54) is 0 Å². The normalized spacial score (nSPS) is 30.2. The van der Waals surface area contributed by atoms with Gasteiger partial charge >= 0.3 is 0 Å². The molecule has 0 radical (unpaired) electrons. The van der Waals surface area contributed by atoms with E-state index in [0.717, 1.165) is 0 Å². The van der Waals surface area contributed by atoms with Crippen LogP contribution in [0.2, 0.25) is 0 Å². The summed E-state index contributed by atoms with van der Waals surface area (Å²) in [5.74, 6) is 0.265. The molecule has 0 unspecified atom stereocenters. The number of rotatable bonds is 0. The Morgan fingerprint density at radius 2 is 1.31 bits per heavy atom. The van der Waals surface area contributed by atoms with Crippen LogP contribution in [0.5, 0.6) is 0 Å². The van der Waals surface area contributed by atoms with Gasteiger partial charge in [0, 0.05) is 23.7 Å². The zero-order chi connectivity index (χ0) is 10.5. The quantitative estimate of drug-likeness (QED) is 0.626. The minimum atomic E-state index is -0.770. The Balaban J connectivity index is 3.10. The number of Topliss-reactive ketones (excluding diaryl/α,β-unsaturated/α-hetero) is 1. The van der Waals surface area contributed by atoms with E-state index >= 15 is 0 Å². The highest BCUT2D eigenvalue weighted by Crippen LogP contribution is 2.52. The predicted octanol–water partition coefficient (Wildman–Crippen LogP) is 2.15. The fourth-order valence-electron chi connectivity index (χ4n) is 2.31. The molecule has 1 fully saturated rings. The molecular formula is C11H20O2. The van der Waals surface area contributed by atoms with Crippen molar-refractivity contribution in [1.29, 1.82) is 0 Å². The maximum atomic E-state index is 11.5. The van der Waals surface area contributed by atoms with Crippen LogP contribution in [0.4, 0.5) is 0 Å². The first kappa shape index (κ1) is 10.7. The average molecular weight is 184 g/mol. The van der Waals surface area contributed by atoms with Crippen molar-refractivity contribution in [3.8, 4) is 0 Å². The number of hydrogen-bond donors (Lipinski definition) is 1. The summed E-state index contributed by atoms with van der Waals surface area (Å²) in [4.78, 5) is 11.5. The van der Waals surface area contributed by atoms with Crippen LogP contribution in [0.15, 0.2) is 0 Å². The van der Waals surface area contributed by atoms with Crippen molar-refractivity contribution < 1.29 is 9.90 Å². The molecule has 0 amide bonds. The summed E-state index contributed by atoms with van der Waals surface area (Å²) >= 11 is 0. The van der Waals surface area contributed by atoms with Crippen LogP contribution in [0.1, 0.15) is 47.5 Å². The highest BCUT2D eigenvalue weighted by Gasteiger charge is 2.55. The van der Waals surface area contributed by atoms with Crippen molar-refractivity contribution in [2.45, 2.75) is 53.1 Å². The topological polar surface area (TPSA) is 37.3 Å². The molecule has 0 aromatic heterocycles. The largest absolute Gasteiger partial charge is 0.389 e. The number of hydrogen-bond acceptors (Lipinski definition) is 2. The Labute approximate surface area is 80.3 Å². The van der Waals surface area contributed by atoms with E-state index in [2.05, 4.69) is 0 Å². The van der Waals surface area contributed by atoms with Gasteiger partial charge in [-0.2, -0.15) is 0 Å². The van der Waals surface area contributed by atoms with E-state index in [-0.39, 0.29) is 16.6 Å². The zero-order valence-electron chi connectivity index (χ0n) is 9.27. The molecule has 0 aromatic carbocycles. The van der Waals surface area contributed by atoms with Crippen molar-refractivity contribution in [2.24, 2.45) is 10.8 Å². The second kappa shape index (κ2) is 2.57. The molecule has 2 nitrogen and oxygen atoms in total. The summed E-state index contributed by atoms with van der Waals surface area (Å²) in [6, 6.07) is 0. The Morgan fingerprint density at radius 1 is 1.00 bits per heavy atom. The van der Waals surface area contributed by atoms with Gasteiger partial charge in [-0.15, -0.1) is 0 Å². The van der Waals surface area contributed by atoms with E-state index < -0.39 is 5.60 Å². The van der Waals surface area contributed by atoms with Gasteiger partial charge in [0.05, 0.1) is 5.60 Å². The van der Waals surface area contributed by atoms with E-state index in [9.17, 15) is 9.90 Å². The fourth-order valence-corrected chi connectivity index (χ4v) is 2.31. The molecule has 0 aromatic rings. The number of carbonyl (C=O) groups is 1. The summed E-state index contributed by atoms with van der Waals surface area (Å²) in [6.45, 7) is 9.70. The Hall–Kier alpha value is -0.370. The summed E-state index contributed by atoms with van der Waals surface area (Å²) in [5, 5.41) is 10.4. The molecule has 0 heterocycles. The maximum Gasteiger partial charge on any atom is 0.134 e. The van der Waals surface area contributed by atoms with Crippen molar-refractivity contribution in [3.63, 3.8) is 0 Å². The van der Waals surface area contributed by atoms with Crippen LogP contribution in [-0.4, -0.2) is 16.5 Å². The molecule has 13 heavy (non-hydrogen) atoms. The molecule has 0 bridgehead atoms. The van der Waals surface area contributed by atoms with Crippen LogP contribution < -0.4 is 0 Å². The van der Waals surface area contributed by atoms with Gasteiger partial charge in [-0.1, -0.05) is 27.7 Å². The molecule has 0 saturated heterocycles. The monoisotopic (exact) mass is 184 g/mol. The lowest BCUT2D eigenvalue weighted by Gasteiger charge is -2.53. The summed E-state index contributed by atoms with van der Waals surface area (Å²) in [6.07, 6.45) is 0.979. The lowest BCUT2D eigenvalue weighted by atomic mass is 9.54. The molecule has 1 saturated carbocycles. The van der Waals surface area contributed by atoms with Crippen LogP contribution in [0.25, 0.3) is 0 Å². The minimum Gasteiger partial charge on any atom is -0.389 e. The molecular weight excluding hydrogens is 164 g/mol. The van der Waals surface area contributed by atoms with E-state index in [1.807, 2.05) is 34.6 Å². The van der Waals surface area contributed by atoms with Gasteiger partial charge in [-0.3, -0.25) is 4.79 Å². The van der Waals surface area contributed by atoms with Gasteiger partial charge in [0.15, 0.2) is 0 Å².